The summed E-state index contributed by atoms with van der Waals surface area (Å²) in [6.45, 7) is 6.50. The van der Waals surface area contributed by atoms with E-state index in [0.29, 0.717) is 12.2 Å². The smallest absolute Gasteiger partial charge is 0.325 e. The van der Waals surface area contributed by atoms with E-state index >= 15 is 0 Å². The summed E-state index contributed by atoms with van der Waals surface area (Å²) < 4.78 is 5.40. The summed E-state index contributed by atoms with van der Waals surface area (Å²) in [5.74, 6) is -0.0654. The number of benzene rings is 1. The van der Waals surface area contributed by atoms with Gasteiger partial charge in [0.2, 0.25) is 0 Å². The topological polar surface area (TPSA) is 72.5 Å². The zero-order valence-electron chi connectivity index (χ0n) is 10.4. The standard InChI is InChI=1S/C13H19NO3/c1-4-17-9-5-6-10(12(14)13(15)16)11(7-9)8(2)3/h5-8,12H,4,14H2,1-3H3,(H,15,16). The molecule has 1 aromatic carbocycles. The van der Waals surface area contributed by atoms with Crippen LogP contribution in [0.15, 0.2) is 18.2 Å². The molecular weight excluding hydrogens is 218 g/mol. The fourth-order valence-corrected chi connectivity index (χ4v) is 1.73. The SMILES string of the molecule is CCOc1ccc(C(N)C(=O)O)c(C(C)C)c1. The largest absolute Gasteiger partial charge is 0.494 e. The highest BCUT2D eigenvalue weighted by atomic mass is 16.5. The van der Waals surface area contributed by atoms with Crippen LogP contribution in [0.4, 0.5) is 0 Å². The Hall–Kier alpha value is -1.55. The monoisotopic (exact) mass is 237 g/mol. The Balaban J connectivity index is 3.17. The number of rotatable bonds is 5. The number of hydrogen-bond acceptors (Lipinski definition) is 3. The quantitative estimate of drug-likeness (QED) is 0.824. The van der Waals surface area contributed by atoms with Crippen LogP contribution in [-0.4, -0.2) is 17.7 Å². The number of carbonyl (C=O) groups is 1. The fourth-order valence-electron chi connectivity index (χ4n) is 1.73. The Morgan fingerprint density at radius 1 is 1.41 bits per heavy atom. The molecule has 0 bridgehead atoms. The molecule has 0 aliphatic carbocycles. The molecule has 0 heterocycles. The summed E-state index contributed by atoms with van der Waals surface area (Å²) in [6.07, 6.45) is 0. The van der Waals surface area contributed by atoms with E-state index in [0.717, 1.165) is 11.3 Å². The van der Waals surface area contributed by atoms with Crippen LogP contribution in [-0.2, 0) is 4.79 Å². The zero-order chi connectivity index (χ0) is 13.0. The second-order valence-corrected chi connectivity index (χ2v) is 4.19. The normalized spacial score (nSPS) is 12.5. The second kappa shape index (κ2) is 5.68. The van der Waals surface area contributed by atoms with Gasteiger partial charge in [-0.25, -0.2) is 0 Å². The van der Waals surface area contributed by atoms with E-state index in [4.69, 9.17) is 15.6 Å². The summed E-state index contributed by atoms with van der Waals surface area (Å²) >= 11 is 0. The number of aliphatic carboxylic acids is 1. The first-order chi connectivity index (χ1) is 7.97. The van der Waals surface area contributed by atoms with Gasteiger partial charge < -0.3 is 15.6 Å². The first kappa shape index (κ1) is 13.5. The van der Waals surface area contributed by atoms with Crippen molar-refractivity contribution in [2.24, 2.45) is 5.73 Å². The van der Waals surface area contributed by atoms with Crippen LogP contribution in [0.3, 0.4) is 0 Å². The van der Waals surface area contributed by atoms with Gasteiger partial charge in [-0.15, -0.1) is 0 Å². The summed E-state index contributed by atoms with van der Waals surface area (Å²) in [5, 5.41) is 8.96. The molecule has 94 valence electrons. The second-order valence-electron chi connectivity index (χ2n) is 4.19. The number of hydrogen-bond donors (Lipinski definition) is 2. The lowest BCUT2D eigenvalue weighted by atomic mass is 9.93. The van der Waals surface area contributed by atoms with Crippen molar-refractivity contribution >= 4 is 5.97 Å². The van der Waals surface area contributed by atoms with Crippen molar-refractivity contribution in [3.8, 4) is 5.75 Å². The van der Waals surface area contributed by atoms with Gasteiger partial charge in [-0.2, -0.15) is 0 Å². The van der Waals surface area contributed by atoms with Gasteiger partial charge in [0.05, 0.1) is 6.61 Å². The van der Waals surface area contributed by atoms with Crippen LogP contribution in [0.1, 0.15) is 43.9 Å². The van der Waals surface area contributed by atoms with Gasteiger partial charge in [-0.3, -0.25) is 4.79 Å². The van der Waals surface area contributed by atoms with Crippen molar-refractivity contribution in [2.75, 3.05) is 6.61 Å². The van der Waals surface area contributed by atoms with E-state index in [9.17, 15) is 4.79 Å². The molecule has 4 nitrogen and oxygen atoms in total. The minimum absolute atomic E-state index is 0.204. The average molecular weight is 237 g/mol. The van der Waals surface area contributed by atoms with Crippen molar-refractivity contribution in [3.05, 3.63) is 29.3 Å². The summed E-state index contributed by atoms with van der Waals surface area (Å²) in [7, 11) is 0. The van der Waals surface area contributed by atoms with Crippen LogP contribution in [0.5, 0.6) is 5.75 Å². The highest BCUT2D eigenvalue weighted by Gasteiger charge is 2.19. The van der Waals surface area contributed by atoms with Gasteiger partial charge in [-0.1, -0.05) is 19.9 Å². The lowest BCUT2D eigenvalue weighted by Crippen LogP contribution is -2.22. The van der Waals surface area contributed by atoms with Crippen molar-refractivity contribution < 1.29 is 14.6 Å². The zero-order valence-corrected chi connectivity index (χ0v) is 10.4. The Kier molecular flexibility index (Phi) is 4.52. The molecule has 0 amide bonds. The summed E-state index contributed by atoms with van der Waals surface area (Å²) in [4.78, 5) is 10.9. The van der Waals surface area contributed by atoms with Crippen molar-refractivity contribution in [3.63, 3.8) is 0 Å². The molecule has 1 aromatic rings. The molecule has 0 aliphatic rings. The van der Waals surface area contributed by atoms with Gasteiger partial charge in [0, 0.05) is 0 Å². The molecule has 1 unspecified atom stereocenters. The Morgan fingerprint density at radius 3 is 2.53 bits per heavy atom. The molecule has 1 rings (SSSR count). The summed E-state index contributed by atoms with van der Waals surface area (Å²) in [6, 6.07) is 4.38. The molecule has 3 N–H and O–H groups in total. The average Bonchev–Trinajstić information content (AvgIpc) is 2.28. The van der Waals surface area contributed by atoms with E-state index in [2.05, 4.69) is 0 Å². The third-order valence-corrected chi connectivity index (χ3v) is 2.59. The highest BCUT2D eigenvalue weighted by Crippen LogP contribution is 2.28. The third-order valence-electron chi connectivity index (χ3n) is 2.59. The third kappa shape index (κ3) is 3.20. The van der Waals surface area contributed by atoms with E-state index in [1.807, 2.05) is 26.8 Å². The molecule has 0 aromatic heterocycles. The molecule has 0 fully saturated rings. The number of ether oxygens (including phenoxy) is 1. The Morgan fingerprint density at radius 2 is 2.06 bits per heavy atom. The maximum absolute atomic E-state index is 10.9. The fraction of sp³-hybridized carbons (Fsp3) is 0.462. The van der Waals surface area contributed by atoms with Crippen LogP contribution in [0.2, 0.25) is 0 Å². The van der Waals surface area contributed by atoms with Gasteiger partial charge in [-0.05, 0) is 36.1 Å². The van der Waals surface area contributed by atoms with Crippen LogP contribution >= 0.6 is 0 Å². The van der Waals surface area contributed by atoms with Gasteiger partial charge >= 0.3 is 5.97 Å². The minimum atomic E-state index is -1.02. The lowest BCUT2D eigenvalue weighted by molar-refractivity contribution is -0.138. The van der Waals surface area contributed by atoms with E-state index in [-0.39, 0.29) is 5.92 Å². The van der Waals surface area contributed by atoms with Crippen LogP contribution < -0.4 is 10.5 Å². The van der Waals surface area contributed by atoms with Crippen molar-refractivity contribution in [1.82, 2.24) is 0 Å². The number of nitrogens with two attached hydrogens (primary N) is 1. The molecule has 0 aliphatic heterocycles. The number of carboxylic acids is 1. The first-order valence-corrected chi connectivity index (χ1v) is 5.72. The number of carboxylic acid groups (broad SMARTS) is 1. The molecular formula is C13H19NO3. The lowest BCUT2D eigenvalue weighted by Gasteiger charge is -2.17. The molecule has 0 radical (unpaired) electrons. The van der Waals surface area contributed by atoms with Gasteiger partial charge in [0.25, 0.3) is 0 Å². The maximum Gasteiger partial charge on any atom is 0.325 e. The molecule has 4 heteroatoms. The molecule has 0 saturated heterocycles. The van der Waals surface area contributed by atoms with Crippen LogP contribution in [0.25, 0.3) is 0 Å². The van der Waals surface area contributed by atoms with E-state index < -0.39 is 12.0 Å². The minimum Gasteiger partial charge on any atom is -0.494 e. The molecule has 0 saturated carbocycles. The Bertz CT molecular complexity index is 402. The van der Waals surface area contributed by atoms with Crippen molar-refractivity contribution in [1.29, 1.82) is 0 Å². The van der Waals surface area contributed by atoms with Crippen molar-refractivity contribution in [2.45, 2.75) is 32.7 Å². The van der Waals surface area contributed by atoms with E-state index in [1.165, 1.54) is 0 Å². The highest BCUT2D eigenvalue weighted by molar-refractivity contribution is 5.76. The molecule has 1 atom stereocenters. The predicted octanol–water partition coefficient (Wildman–Crippen LogP) is 2.29. The van der Waals surface area contributed by atoms with E-state index in [1.54, 1.807) is 12.1 Å². The Labute approximate surface area is 101 Å². The first-order valence-electron chi connectivity index (χ1n) is 5.72. The summed E-state index contributed by atoms with van der Waals surface area (Å²) in [5.41, 5.74) is 7.23. The van der Waals surface area contributed by atoms with Gasteiger partial charge in [0.15, 0.2) is 0 Å². The maximum atomic E-state index is 10.9. The van der Waals surface area contributed by atoms with Gasteiger partial charge in [0.1, 0.15) is 11.8 Å². The van der Waals surface area contributed by atoms with Crippen LogP contribution in [0, 0.1) is 0 Å². The predicted molar refractivity (Wildman–Crippen MR) is 66.3 cm³/mol. The molecule has 0 spiro atoms. The molecule has 17 heavy (non-hydrogen) atoms.